The van der Waals surface area contributed by atoms with Crippen LogP contribution in [0.25, 0.3) is 0 Å². The third-order valence-corrected chi connectivity index (χ3v) is 3.17. The van der Waals surface area contributed by atoms with Gasteiger partial charge < -0.3 is 4.74 Å². The van der Waals surface area contributed by atoms with Gasteiger partial charge in [-0.2, -0.15) is 0 Å². The van der Waals surface area contributed by atoms with Gasteiger partial charge in [0.05, 0.1) is 12.3 Å². The molecule has 0 aromatic rings. The standard InChI is InChI=1S/C19H24O3/c1-2-3-4-5-6-7-8-9-10-11-12-13-14-15-17-16-18(20)22-19(17)21/h2,4-5,7-8,10-11,13-14,17H,1,3,6,9,12,15-16H2. The minimum absolute atomic E-state index is 0.213. The number of allylic oxidation sites excluding steroid dienone is 9. The maximum Gasteiger partial charge on any atom is 0.317 e. The first-order valence-electron chi connectivity index (χ1n) is 7.69. The van der Waals surface area contributed by atoms with Gasteiger partial charge >= 0.3 is 11.9 Å². The van der Waals surface area contributed by atoms with Crippen LogP contribution in [-0.4, -0.2) is 11.9 Å². The molecule has 3 heteroatoms. The van der Waals surface area contributed by atoms with Crippen molar-refractivity contribution < 1.29 is 14.3 Å². The molecule has 1 atom stereocenters. The van der Waals surface area contributed by atoms with E-state index in [1.807, 2.05) is 18.2 Å². The molecule has 1 saturated heterocycles. The molecule has 22 heavy (non-hydrogen) atoms. The lowest BCUT2D eigenvalue weighted by Gasteiger charge is -1.97. The summed E-state index contributed by atoms with van der Waals surface area (Å²) >= 11 is 0. The molecule has 0 spiro atoms. The molecule has 0 aliphatic carbocycles. The summed E-state index contributed by atoms with van der Waals surface area (Å²) in [6.07, 6.45) is 23.0. The second kappa shape index (κ2) is 11.5. The van der Waals surface area contributed by atoms with Crippen molar-refractivity contribution in [3.63, 3.8) is 0 Å². The Kier molecular flexibility index (Phi) is 9.35. The molecular weight excluding hydrogens is 276 g/mol. The van der Waals surface area contributed by atoms with Gasteiger partial charge in [-0.05, 0) is 32.1 Å². The minimum atomic E-state index is -0.408. The lowest BCUT2D eigenvalue weighted by molar-refractivity contribution is -0.153. The van der Waals surface area contributed by atoms with Crippen molar-refractivity contribution >= 4 is 11.9 Å². The van der Waals surface area contributed by atoms with Crippen LogP contribution < -0.4 is 0 Å². The predicted octanol–water partition coefficient (Wildman–Crippen LogP) is 4.44. The molecule has 1 unspecified atom stereocenters. The highest BCUT2D eigenvalue weighted by Crippen LogP contribution is 2.19. The topological polar surface area (TPSA) is 43.4 Å². The molecule has 0 aromatic heterocycles. The first-order valence-corrected chi connectivity index (χ1v) is 7.69. The van der Waals surface area contributed by atoms with Gasteiger partial charge in [0.2, 0.25) is 0 Å². The zero-order valence-corrected chi connectivity index (χ0v) is 12.9. The first-order chi connectivity index (χ1) is 10.7. The van der Waals surface area contributed by atoms with Crippen molar-refractivity contribution in [2.24, 2.45) is 5.92 Å². The molecular formula is C19H24O3. The molecule has 0 aromatic carbocycles. The van der Waals surface area contributed by atoms with Crippen LogP contribution in [0, 0.1) is 5.92 Å². The lowest BCUT2D eigenvalue weighted by atomic mass is 10.0. The quantitative estimate of drug-likeness (QED) is 0.340. The van der Waals surface area contributed by atoms with E-state index in [-0.39, 0.29) is 12.3 Å². The highest BCUT2D eigenvalue weighted by atomic mass is 16.6. The van der Waals surface area contributed by atoms with Crippen LogP contribution in [0.3, 0.4) is 0 Å². The van der Waals surface area contributed by atoms with E-state index in [9.17, 15) is 9.59 Å². The molecule has 0 amide bonds. The molecule has 118 valence electrons. The van der Waals surface area contributed by atoms with E-state index < -0.39 is 11.9 Å². The molecule has 0 bridgehead atoms. The number of hydrogen-bond donors (Lipinski definition) is 0. The summed E-state index contributed by atoms with van der Waals surface area (Å²) < 4.78 is 4.49. The third-order valence-electron chi connectivity index (χ3n) is 3.17. The largest absolute Gasteiger partial charge is 0.393 e. The molecule has 1 heterocycles. The van der Waals surface area contributed by atoms with Crippen molar-refractivity contribution in [1.82, 2.24) is 0 Å². The number of carbonyl (C=O) groups is 2. The Labute approximate surface area is 132 Å². The Balaban J connectivity index is 2.05. The Hall–Kier alpha value is -2.16. The summed E-state index contributed by atoms with van der Waals surface area (Å²) in [7, 11) is 0. The van der Waals surface area contributed by atoms with E-state index in [2.05, 4.69) is 47.8 Å². The first kappa shape index (κ1) is 17.9. The van der Waals surface area contributed by atoms with E-state index in [4.69, 9.17) is 0 Å². The SMILES string of the molecule is C=CCC=CCC=CCC=CCC=CCC1CC(=O)OC1=O. The molecule has 1 rings (SSSR count). The minimum Gasteiger partial charge on any atom is -0.393 e. The van der Waals surface area contributed by atoms with Gasteiger partial charge in [-0.1, -0.05) is 54.7 Å². The Morgan fingerprint density at radius 1 is 0.864 bits per heavy atom. The normalized spacial score (nSPS) is 19.2. The summed E-state index contributed by atoms with van der Waals surface area (Å²) in [6, 6.07) is 0. The van der Waals surface area contributed by atoms with E-state index in [0.717, 1.165) is 25.7 Å². The summed E-state index contributed by atoms with van der Waals surface area (Å²) in [6.45, 7) is 3.66. The lowest BCUT2D eigenvalue weighted by Crippen LogP contribution is -2.05. The average Bonchev–Trinajstić information content (AvgIpc) is 2.82. The molecule has 0 radical (unpaired) electrons. The number of hydrogen-bond acceptors (Lipinski definition) is 3. The maximum absolute atomic E-state index is 11.2. The second-order valence-electron chi connectivity index (χ2n) is 5.05. The number of carbonyl (C=O) groups excluding carboxylic acids is 2. The zero-order valence-electron chi connectivity index (χ0n) is 12.9. The van der Waals surface area contributed by atoms with Crippen LogP contribution in [0.4, 0.5) is 0 Å². The van der Waals surface area contributed by atoms with Crippen molar-refractivity contribution in [2.75, 3.05) is 0 Å². The summed E-state index contributed by atoms with van der Waals surface area (Å²) in [5.41, 5.74) is 0. The van der Waals surface area contributed by atoms with Gasteiger partial charge in [-0.3, -0.25) is 9.59 Å². The van der Waals surface area contributed by atoms with Crippen molar-refractivity contribution in [1.29, 1.82) is 0 Å². The van der Waals surface area contributed by atoms with Crippen LogP contribution in [0.5, 0.6) is 0 Å². The van der Waals surface area contributed by atoms with Crippen LogP contribution in [0.15, 0.2) is 61.3 Å². The van der Waals surface area contributed by atoms with Gasteiger partial charge in [-0.25, -0.2) is 0 Å². The fourth-order valence-electron chi connectivity index (χ4n) is 1.97. The molecule has 0 saturated carbocycles. The number of esters is 2. The summed E-state index contributed by atoms with van der Waals surface area (Å²) in [5.74, 6) is -1.09. The number of ether oxygens (including phenoxy) is 1. The molecule has 3 nitrogen and oxygen atoms in total. The Morgan fingerprint density at radius 3 is 1.82 bits per heavy atom. The third kappa shape index (κ3) is 8.20. The second-order valence-corrected chi connectivity index (χ2v) is 5.05. The van der Waals surface area contributed by atoms with Crippen LogP contribution in [-0.2, 0) is 14.3 Å². The molecule has 1 fully saturated rings. The smallest absolute Gasteiger partial charge is 0.317 e. The number of cyclic esters (lactones) is 2. The average molecular weight is 300 g/mol. The van der Waals surface area contributed by atoms with E-state index in [1.54, 1.807) is 0 Å². The van der Waals surface area contributed by atoms with E-state index >= 15 is 0 Å². The van der Waals surface area contributed by atoms with Crippen LogP contribution >= 0.6 is 0 Å². The van der Waals surface area contributed by atoms with Crippen LogP contribution in [0.1, 0.15) is 38.5 Å². The fraction of sp³-hybridized carbons (Fsp3) is 0.368. The summed E-state index contributed by atoms with van der Waals surface area (Å²) in [5, 5.41) is 0. The van der Waals surface area contributed by atoms with E-state index in [0.29, 0.717) is 6.42 Å². The predicted molar refractivity (Wildman–Crippen MR) is 89.0 cm³/mol. The van der Waals surface area contributed by atoms with Gasteiger partial charge in [0.25, 0.3) is 0 Å². The van der Waals surface area contributed by atoms with Gasteiger partial charge in [0.15, 0.2) is 0 Å². The fourth-order valence-corrected chi connectivity index (χ4v) is 1.97. The van der Waals surface area contributed by atoms with Gasteiger partial charge in [0.1, 0.15) is 0 Å². The molecule has 0 N–H and O–H groups in total. The number of rotatable bonds is 10. The monoisotopic (exact) mass is 300 g/mol. The molecule has 1 aliphatic heterocycles. The highest BCUT2D eigenvalue weighted by Gasteiger charge is 2.31. The maximum atomic E-state index is 11.2. The van der Waals surface area contributed by atoms with Gasteiger partial charge in [0, 0.05) is 0 Å². The Morgan fingerprint density at radius 2 is 1.36 bits per heavy atom. The van der Waals surface area contributed by atoms with Crippen molar-refractivity contribution in [2.45, 2.75) is 38.5 Å². The van der Waals surface area contributed by atoms with Gasteiger partial charge in [-0.15, -0.1) is 6.58 Å². The highest BCUT2D eigenvalue weighted by molar-refractivity contribution is 5.94. The van der Waals surface area contributed by atoms with E-state index in [1.165, 1.54) is 0 Å². The zero-order chi connectivity index (χ0) is 16.0. The van der Waals surface area contributed by atoms with Crippen molar-refractivity contribution in [3.05, 3.63) is 61.3 Å². The van der Waals surface area contributed by atoms with Crippen LogP contribution in [0.2, 0.25) is 0 Å². The van der Waals surface area contributed by atoms with Crippen molar-refractivity contribution in [3.8, 4) is 0 Å². The summed E-state index contributed by atoms with van der Waals surface area (Å²) in [4.78, 5) is 22.1. The molecule has 1 aliphatic rings. The Bertz CT molecular complexity index is 481.